The van der Waals surface area contributed by atoms with Gasteiger partial charge in [-0.05, 0) is 13.0 Å². The highest BCUT2D eigenvalue weighted by atomic mass is 16.5. The molecule has 4 rings (SSSR count). The zero-order valence-corrected chi connectivity index (χ0v) is 15.4. The second kappa shape index (κ2) is 6.58. The maximum Gasteiger partial charge on any atom is 0.225 e. The van der Waals surface area contributed by atoms with Crippen LogP contribution in [0.25, 0.3) is 0 Å². The van der Waals surface area contributed by atoms with Gasteiger partial charge in [0.2, 0.25) is 11.8 Å². The molecule has 2 amide bonds. The van der Waals surface area contributed by atoms with E-state index in [2.05, 4.69) is 11.4 Å². The summed E-state index contributed by atoms with van der Waals surface area (Å²) in [6, 6.07) is 6.05. The number of hydrogen-bond acceptors (Lipinski definition) is 4. The Bertz CT molecular complexity index is 727. The minimum Gasteiger partial charge on any atom is -0.487 e. The highest BCUT2D eigenvalue weighted by Gasteiger charge is 2.43. The minimum atomic E-state index is -0.277. The maximum atomic E-state index is 12.8. The molecule has 0 aromatic heterocycles. The molecule has 3 aliphatic heterocycles. The predicted molar refractivity (Wildman–Crippen MR) is 95.8 cm³/mol. The molecule has 140 valence electrons. The number of carbonyl (C=O) groups is 2. The second-order valence-corrected chi connectivity index (χ2v) is 7.88. The Balaban J connectivity index is 1.58. The minimum absolute atomic E-state index is 0.0364. The number of likely N-dealkylation sites (tertiary alicyclic amines) is 1. The van der Waals surface area contributed by atoms with Crippen molar-refractivity contribution in [1.29, 1.82) is 0 Å². The molecule has 3 aliphatic rings. The Labute approximate surface area is 153 Å². The number of ether oxygens (including phenoxy) is 2. The second-order valence-electron chi connectivity index (χ2n) is 7.88. The van der Waals surface area contributed by atoms with Gasteiger partial charge in [-0.25, -0.2) is 0 Å². The number of amides is 2. The van der Waals surface area contributed by atoms with Crippen molar-refractivity contribution < 1.29 is 19.1 Å². The van der Waals surface area contributed by atoms with Crippen LogP contribution in [0.4, 0.5) is 0 Å². The molecule has 26 heavy (non-hydrogen) atoms. The molecule has 6 heteroatoms. The first-order valence-electron chi connectivity index (χ1n) is 9.37. The van der Waals surface area contributed by atoms with Gasteiger partial charge in [0, 0.05) is 44.8 Å². The lowest BCUT2D eigenvalue weighted by atomic mass is 9.81. The molecule has 0 radical (unpaired) electrons. The summed E-state index contributed by atoms with van der Waals surface area (Å²) in [5, 5.41) is 3.22. The molecule has 1 N–H and O–H groups in total. The zero-order valence-electron chi connectivity index (χ0n) is 15.4. The van der Waals surface area contributed by atoms with Gasteiger partial charge in [-0.15, -0.1) is 0 Å². The summed E-state index contributed by atoms with van der Waals surface area (Å²) in [4.78, 5) is 26.2. The van der Waals surface area contributed by atoms with E-state index in [9.17, 15) is 9.59 Å². The lowest BCUT2D eigenvalue weighted by molar-refractivity contribution is -0.129. The molecular weight excluding hydrogens is 332 g/mol. The number of rotatable bonds is 2. The highest BCUT2D eigenvalue weighted by Crippen LogP contribution is 2.44. The van der Waals surface area contributed by atoms with Crippen LogP contribution in [0.1, 0.15) is 42.9 Å². The predicted octanol–water partition coefficient (Wildman–Crippen LogP) is 1.96. The quantitative estimate of drug-likeness (QED) is 0.878. The van der Waals surface area contributed by atoms with Gasteiger partial charge in [-0.2, -0.15) is 0 Å². The average Bonchev–Trinajstić information content (AvgIpc) is 2.95. The number of nitrogens with zero attached hydrogens (tertiary/aromatic N) is 1. The van der Waals surface area contributed by atoms with Crippen LogP contribution >= 0.6 is 0 Å². The van der Waals surface area contributed by atoms with Gasteiger partial charge in [-0.3, -0.25) is 9.59 Å². The summed E-state index contributed by atoms with van der Waals surface area (Å²) in [6.45, 7) is 3.91. The normalized spacial score (nSPS) is 27.2. The number of benzene rings is 1. The van der Waals surface area contributed by atoms with Crippen LogP contribution in [0.3, 0.4) is 0 Å². The third-order valence-electron chi connectivity index (χ3n) is 5.88. The summed E-state index contributed by atoms with van der Waals surface area (Å²) < 4.78 is 11.9. The van der Waals surface area contributed by atoms with Gasteiger partial charge in [0.15, 0.2) is 0 Å². The first-order valence-corrected chi connectivity index (χ1v) is 9.37. The lowest BCUT2D eigenvalue weighted by Gasteiger charge is -2.44. The molecule has 0 bridgehead atoms. The first-order chi connectivity index (χ1) is 12.5. The Hall–Kier alpha value is -2.08. The Morgan fingerprint density at radius 2 is 2.08 bits per heavy atom. The molecule has 6 nitrogen and oxygen atoms in total. The van der Waals surface area contributed by atoms with Crippen molar-refractivity contribution in [1.82, 2.24) is 10.2 Å². The fourth-order valence-electron chi connectivity index (χ4n) is 4.30. The number of aryl methyl sites for hydroxylation is 1. The molecule has 1 aromatic rings. The van der Waals surface area contributed by atoms with E-state index in [0.717, 1.165) is 36.1 Å². The van der Waals surface area contributed by atoms with Crippen LogP contribution < -0.4 is 10.1 Å². The van der Waals surface area contributed by atoms with Crippen molar-refractivity contribution in [3.63, 3.8) is 0 Å². The van der Waals surface area contributed by atoms with Crippen LogP contribution in [-0.4, -0.2) is 49.1 Å². The van der Waals surface area contributed by atoms with E-state index in [0.29, 0.717) is 26.2 Å². The number of hydrogen-bond donors (Lipinski definition) is 1. The number of carbonyl (C=O) groups excluding carboxylic acids is 2. The standard InChI is InChI=1S/C20H26N2O4/c1-13-3-4-17-15(9-13)16(11-20(26-17)5-7-25-8-6-20)21-19(24)14-10-18(23)22(2)12-14/h3-4,9,14,16H,5-8,10-12H2,1-2H3,(H,21,24). The number of fused-ring (bicyclic) bond motifs is 1. The van der Waals surface area contributed by atoms with Crippen LogP contribution in [0.2, 0.25) is 0 Å². The molecule has 0 saturated carbocycles. The summed E-state index contributed by atoms with van der Waals surface area (Å²) in [7, 11) is 1.75. The largest absolute Gasteiger partial charge is 0.487 e. The van der Waals surface area contributed by atoms with Crippen LogP contribution in [-0.2, 0) is 14.3 Å². The molecular formula is C20H26N2O4. The van der Waals surface area contributed by atoms with Crippen molar-refractivity contribution in [2.75, 3.05) is 26.8 Å². The maximum absolute atomic E-state index is 12.8. The Morgan fingerprint density at radius 3 is 2.77 bits per heavy atom. The fourth-order valence-corrected chi connectivity index (χ4v) is 4.30. The lowest BCUT2D eigenvalue weighted by Crippen LogP contribution is -2.49. The van der Waals surface area contributed by atoms with Gasteiger partial charge in [0.1, 0.15) is 11.4 Å². The molecule has 1 aromatic carbocycles. The SMILES string of the molecule is Cc1ccc2c(c1)C(NC(=O)C1CC(=O)N(C)C1)CC1(CCOCC1)O2. The van der Waals surface area contributed by atoms with Crippen molar-refractivity contribution in [3.05, 3.63) is 29.3 Å². The van der Waals surface area contributed by atoms with Gasteiger partial charge >= 0.3 is 0 Å². The van der Waals surface area contributed by atoms with Crippen LogP contribution in [0, 0.1) is 12.8 Å². The topological polar surface area (TPSA) is 67.9 Å². The van der Waals surface area contributed by atoms with E-state index < -0.39 is 0 Å². The van der Waals surface area contributed by atoms with Gasteiger partial charge < -0.3 is 19.7 Å². The smallest absolute Gasteiger partial charge is 0.225 e. The fraction of sp³-hybridized carbons (Fsp3) is 0.600. The third-order valence-corrected chi connectivity index (χ3v) is 5.88. The third kappa shape index (κ3) is 3.18. The summed E-state index contributed by atoms with van der Waals surface area (Å²) in [5.74, 6) is 0.585. The van der Waals surface area contributed by atoms with Gasteiger partial charge in [0.05, 0.1) is 25.2 Å². The number of nitrogens with one attached hydrogen (secondary N) is 1. The first kappa shape index (κ1) is 17.3. The van der Waals surface area contributed by atoms with E-state index in [1.165, 1.54) is 0 Å². The Morgan fingerprint density at radius 1 is 1.31 bits per heavy atom. The monoisotopic (exact) mass is 358 g/mol. The van der Waals surface area contributed by atoms with Gasteiger partial charge in [0.25, 0.3) is 0 Å². The van der Waals surface area contributed by atoms with Crippen molar-refractivity contribution in [2.24, 2.45) is 5.92 Å². The van der Waals surface area contributed by atoms with Crippen molar-refractivity contribution >= 4 is 11.8 Å². The summed E-state index contributed by atoms with van der Waals surface area (Å²) in [5.41, 5.74) is 1.90. The van der Waals surface area contributed by atoms with Crippen molar-refractivity contribution in [2.45, 2.75) is 44.2 Å². The van der Waals surface area contributed by atoms with Crippen LogP contribution in [0.5, 0.6) is 5.75 Å². The van der Waals surface area contributed by atoms with E-state index in [-0.39, 0.29) is 29.4 Å². The molecule has 2 fully saturated rings. The molecule has 3 heterocycles. The molecule has 2 atom stereocenters. The molecule has 2 unspecified atom stereocenters. The summed E-state index contributed by atoms with van der Waals surface area (Å²) >= 11 is 0. The van der Waals surface area contributed by atoms with Crippen molar-refractivity contribution in [3.8, 4) is 5.75 Å². The molecule has 2 saturated heterocycles. The van der Waals surface area contributed by atoms with E-state index in [1.807, 2.05) is 19.1 Å². The van der Waals surface area contributed by atoms with Crippen LogP contribution in [0.15, 0.2) is 18.2 Å². The summed E-state index contributed by atoms with van der Waals surface area (Å²) in [6.07, 6.45) is 2.70. The van der Waals surface area contributed by atoms with E-state index in [1.54, 1.807) is 11.9 Å². The highest BCUT2D eigenvalue weighted by molar-refractivity contribution is 5.89. The van der Waals surface area contributed by atoms with Gasteiger partial charge in [-0.1, -0.05) is 17.7 Å². The molecule has 1 spiro atoms. The zero-order chi connectivity index (χ0) is 18.3. The Kier molecular flexibility index (Phi) is 4.39. The average molecular weight is 358 g/mol. The molecule has 0 aliphatic carbocycles. The van der Waals surface area contributed by atoms with E-state index in [4.69, 9.17) is 9.47 Å². The van der Waals surface area contributed by atoms with E-state index >= 15 is 0 Å².